The van der Waals surface area contributed by atoms with Gasteiger partial charge >= 0.3 is 12.2 Å². The van der Waals surface area contributed by atoms with E-state index in [4.69, 9.17) is 4.74 Å². The molecule has 3 aromatic rings. The van der Waals surface area contributed by atoms with E-state index in [1.165, 1.54) is 24.3 Å². The van der Waals surface area contributed by atoms with Gasteiger partial charge in [-0.2, -0.15) is 13.2 Å². The van der Waals surface area contributed by atoms with Crippen LogP contribution in [-0.2, 0) is 12.7 Å². The summed E-state index contributed by atoms with van der Waals surface area (Å²) in [5.41, 5.74) is 1.03. The van der Waals surface area contributed by atoms with Crippen molar-refractivity contribution in [2.45, 2.75) is 33.5 Å². The monoisotopic (exact) mass is 559 g/mol. The minimum Gasteiger partial charge on any atom is -0.492 e. The van der Waals surface area contributed by atoms with Gasteiger partial charge in [-0.05, 0) is 61.9 Å². The van der Waals surface area contributed by atoms with Gasteiger partial charge in [0.1, 0.15) is 11.6 Å². The second kappa shape index (κ2) is 12.6. The fourth-order valence-electron chi connectivity index (χ4n) is 4.61. The maximum atomic E-state index is 14.9. The van der Waals surface area contributed by atoms with Crippen molar-refractivity contribution in [3.8, 4) is 16.9 Å². The molecule has 2 aromatic carbocycles. The Morgan fingerprint density at radius 1 is 0.975 bits per heavy atom. The average Bonchev–Trinajstić information content (AvgIpc) is 2.92. The summed E-state index contributed by atoms with van der Waals surface area (Å²) < 4.78 is 62.1. The maximum Gasteiger partial charge on any atom is 0.416 e. The molecule has 0 saturated carbocycles. The van der Waals surface area contributed by atoms with Crippen LogP contribution in [0.15, 0.2) is 48.7 Å². The number of halogens is 4. The topological polar surface area (TPSA) is 69.7 Å². The van der Waals surface area contributed by atoms with Crippen molar-refractivity contribution in [1.29, 1.82) is 0 Å². The van der Waals surface area contributed by atoms with Gasteiger partial charge in [0, 0.05) is 50.2 Å². The molecule has 1 aromatic heterocycles. The molecular weight excluding hydrogens is 526 g/mol. The number of benzene rings is 2. The fourth-order valence-corrected chi connectivity index (χ4v) is 4.61. The molecule has 214 valence electrons. The highest BCUT2D eigenvalue weighted by molar-refractivity contribution is 6.00. The van der Waals surface area contributed by atoms with Crippen LogP contribution in [0, 0.1) is 12.7 Å². The van der Waals surface area contributed by atoms with Gasteiger partial charge < -0.3 is 20.3 Å². The van der Waals surface area contributed by atoms with Gasteiger partial charge in [-0.1, -0.05) is 19.1 Å². The molecule has 40 heavy (non-hydrogen) atoms. The predicted molar refractivity (Wildman–Crippen MR) is 147 cm³/mol. The number of likely N-dealkylation sites (N-methyl/N-ethyl adjacent to an activating group) is 1. The van der Waals surface area contributed by atoms with Crippen LogP contribution >= 0.6 is 0 Å². The Kier molecular flexibility index (Phi) is 9.26. The molecule has 1 aliphatic heterocycles. The van der Waals surface area contributed by atoms with Gasteiger partial charge in [0.25, 0.3) is 0 Å². The third-order valence-electron chi connectivity index (χ3n) is 6.87. The van der Waals surface area contributed by atoms with Gasteiger partial charge in [0.05, 0.1) is 23.6 Å². The van der Waals surface area contributed by atoms with E-state index in [1.807, 2.05) is 11.8 Å². The number of nitrogens with one attached hydrogen (secondary N) is 2. The van der Waals surface area contributed by atoms with E-state index in [-0.39, 0.29) is 23.5 Å². The van der Waals surface area contributed by atoms with Crippen LogP contribution in [0.1, 0.15) is 30.7 Å². The largest absolute Gasteiger partial charge is 0.492 e. The Balaban J connectivity index is 1.44. The smallest absolute Gasteiger partial charge is 0.416 e. The summed E-state index contributed by atoms with van der Waals surface area (Å²) in [5.74, 6) is -0.119. The van der Waals surface area contributed by atoms with E-state index in [0.717, 1.165) is 25.7 Å². The quantitative estimate of drug-likeness (QED) is 0.313. The molecule has 1 fully saturated rings. The highest BCUT2D eigenvalue weighted by Gasteiger charge is 2.34. The van der Waals surface area contributed by atoms with Crippen molar-refractivity contribution >= 4 is 17.4 Å². The molecule has 0 bridgehead atoms. The van der Waals surface area contributed by atoms with Crippen molar-refractivity contribution < 1.29 is 27.1 Å². The van der Waals surface area contributed by atoms with E-state index < -0.39 is 23.6 Å². The van der Waals surface area contributed by atoms with Crippen molar-refractivity contribution in [2.75, 3.05) is 50.0 Å². The number of hydrogen-bond donors (Lipinski definition) is 2. The van der Waals surface area contributed by atoms with Crippen LogP contribution in [0.5, 0.6) is 5.75 Å². The highest BCUT2D eigenvalue weighted by Crippen LogP contribution is 2.35. The molecule has 0 atom stereocenters. The SMILES string of the molecule is CCOc1cc(-c2ccc(NC(=O)Nc3ccc(CN4CCN(CC)CC4)c(C(F)(F)F)c3)c(F)c2)cnc1C. The summed E-state index contributed by atoms with van der Waals surface area (Å²) in [6.45, 7) is 10.3. The van der Waals surface area contributed by atoms with Gasteiger partial charge in [-0.25, -0.2) is 9.18 Å². The zero-order valence-electron chi connectivity index (χ0n) is 22.7. The first-order chi connectivity index (χ1) is 19.1. The third-order valence-corrected chi connectivity index (χ3v) is 6.87. The van der Waals surface area contributed by atoms with Crippen molar-refractivity contribution in [2.24, 2.45) is 0 Å². The first-order valence-electron chi connectivity index (χ1n) is 13.2. The number of piperazine rings is 1. The third kappa shape index (κ3) is 7.28. The van der Waals surface area contributed by atoms with Gasteiger partial charge in [0.15, 0.2) is 0 Å². The van der Waals surface area contributed by atoms with Crippen LogP contribution < -0.4 is 15.4 Å². The Bertz CT molecular complexity index is 1340. The Hall–Kier alpha value is -3.70. The van der Waals surface area contributed by atoms with Gasteiger partial charge in [0.2, 0.25) is 0 Å². The van der Waals surface area contributed by atoms with Crippen molar-refractivity contribution in [1.82, 2.24) is 14.8 Å². The lowest BCUT2D eigenvalue weighted by atomic mass is 10.0. The standard InChI is InChI=1S/C29H33F4N5O2/c1-4-37-10-12-38(13-11-37)18-21-6-8-23(16-24(21)29(31,32)33)35-28(39)36-26-9-7-20(14-25(26)30)22-15-27(40-5-2)19(3)34-17-22/h6-9,14-17H,4-5,10-13,18H2,1-3H3,(H2,35,36,39). The second-order valence-electron chi connectivity index (χ2n) is 9.59. The molecule has 0 aliphatic carbocycles. The van der Waals surface area contributed by atoms with E-state index in [0.29, 0.717) is 42.3 Å². The Labute approximate surface area is 231 Å². The molecule has 2 heterocycles. The molecule has 0 spiro atoms. The Morgan fingerprint density at radius 2 is 1.70 bits per heavy atom. The molecule has 1 aliphatic rings. The summed E-state index contributed by atoms with van der Waals surface area (Å²) in [5, 5.41) is 4.75. The number of aromatic nitrogens is 1. The number of amides is 2. The number of hydrogen-bond acceptors (Lipinski definition) is 5. The number of ether oxygens (including phenoxy) is 1. The lowest BCUT2D eigenvalue weighted by molar-refractivity contribution is -0.138. The first kappa shape index (κ1) is 29.3. The van der Waals surface area contributed by atoms with Crippen LogP contribution in [0.2, 0.25) is 0 Å². The van der Waals surface area contributed by atoms with Crippen molar-refractivity contribution in [3.63, 3.8) is 0 Å². The minimum absolute atomic E-state index is 0.0458. The predicted octanol–water partition coefficient (Wildman–Crippen LogP) is 6.40. The minimum atomic E-state index is -4.59. The molecule has 0 unspecified atom stereocenters. The number of anilines is 2. The Morgan fingerprint density at radius 3 is 2.35 bits per heavy atom. The fraction of sp³-hybridized carbons (Fsp3) is 0.379. The summed E-state index contributed by atoms with van der Waals surface area (Å²) >= 11 is 0. The van der Waals surface area contributed by atoms with Gasteiger partial charge in [-0.15, -0.1) is 0 Å². The van der Waals surface area contributed by atoms with Crippen LogP contribution in [0.4, 0.5) is 33.7 Å². The number of alkyl halides is 3. The number of nitrogens with zero attached hydrogens (tertiary/aromatic N) is 3. The van der Waals surface area contributed by atoms with Crippen LogP contribution in [-0.4, -0.2) is 60.1 Å². The van der Waals surface area contributed by atoms with Crippen LogP contribution in [0.25, 0.3) is 11.1 Å². The molecule has 7 nitrogen and oxygen atoms in total. The van der Waals surface area contributed by atoms with Crippen molar-refractivity contribution in [3.05, 3.63) is 71.3 Å². The number of aryl methyl sites for hydroxylation is 1. The lowest BCUT2D eigenvalue weighted by Crippen LogP contribution is -2.45. The number of rotatable bonds is 8. The average molecular weight is 560 g/mol. The summed E-state index contributed by atoms with van der Waals surface area (Å²) in [4.78, 5) is 21.1. The van der Waals surface area contributed by atoms with E-state index >= 15 is 0 Å². The molecular formula is C29H33F4N5O2. The van der Waals surface area contributed by atoms with E-state index in [1.54, 1.807) is 25.3 Å². The maximum absolute atomic E-state index is 14.9. The number of carbonyl (C=O) groups excluding carboxylic acids is 1. The molecule has 1 saturated heterocycles. The van der Waals surface area contributed by atoms with Gasteiger partial charge in [-0.3, -0.25) is 9.88 Å². The summed E-state index contributed by atoms with van der Waals surface area (Å²) in [6.07, 6.45) is -3.00. The number of urea groups is 1. The summed E-state index contributed by atoms with van der Waals surface area (Å²) in [7, 11) is 0. The zero-order chi connectivity index (χ0) is 28.9. The van der Waals surface area contributed by atoms with E-state index in [2.05, 4.69) is 27.4 Å². The number of pyridine rings is 1. The molecule has 11 heteroatoms. The second-order valence-corrected chi connectivity index (χ2v) is 9.59. The van der Waals surface area contributed by atoms with Crippen LogP contribution in [0.3, 0.4) is 0 Å². The number of carbonyl (C=O) groups is 1. The molecule has 0 radical (unpaired) electrons. The molecule has 4 rings (SSSR count). The molecule has 2 N–H and O–H groups in total. The zero-order valence-corrected chi connectivity index (χ0v) is 22.7. The first-order valence-corrected chi connectivity index (χ1v) is 13.2. The summed E-state index contributed by atoms with van der Waals surface area (Å²) in [6, 6.07) is 8.85. The lowest BCUT2D eigenvalue weighted by Gasteiger charge is -2.34. The molecule has 2 amide bonds. The van der Waals surface area contributed by atoms with E-state index in [9.17, 15) is 22.4 Å². The highest BCUT2D eigenvalue weighted by atomic mass is 19.4. The normalized spacial score (nSPS) is 14.7.